The van der Waals surface area contributed by atoms with Gasteiger partial charge < -0.3 is 14.8 Å². The maximum absolute atomic E-state index is 13.1. The Morgan fingerprint density at radius 3 is 2.83 bits per heavy atom. The van der Waals surface area contributed by atoms with E-state index in [1.54, 1.807) is 29.1 Å². The number of halogens is 1. The number of nitrogens with zero attached hydrogens (tertiary/aromatic N) is 2. The molecule has 7 heteroatoms. The molecule has 0 unspecified atom stereocenters. The van der Waals surface area contributed by atoms with Gasteiger partial charge in [0.15, 0.2) is 0 Å². The first-order valence-electron chi connectivity index (χ1n) is 7.69. The Bertz CT molecular complexity index is 680. The van der Waals surface area contributed by atoms with Crippen LogP contribution in [0.25, 0.3) is 0 Å². The molecule has 6 nitrogen and oxygen atoms in total. The van der Waals surface area contributed by atoms with Crippen LogP contribution in [0, 0.1) is 5.82 Å². The molecule has 0 saturated carbocycles. The zero-order valence-electron chi connectivity index (χ0n) is 14.1. The summed E-state index contributed by atoms with van der Waals surface area (Å²) in [4.78, 5) is 11.5. The van der Waals surface area contributed by atoms with Crippen LogP contribution >= 0.6 is 0 Å². The standard InChI is InChI=1S/C17H22FN3O3/c1-17(2,3)24-16(22)19-8-10-21-9-7-15(20-21)23-12-13-5-4-6-14(18)11-13/h4-7,9,11H,8,10,12H2,1-3H3,(H,19,22). The Kier molecular flexibility index (Phi) is 5.78. The number of rotatable bonds is 6. The molecule has 24 heavy (non-hydrogen) atoms. The first-order valence-corrected chi connectivity index (χ1v) is 7.69. The van der Waals surface area contributed by atoms with Crippen LogP contribution in [0.3, 0.4) is 0 Å². The van der Waals surface area contributed by atoms with Gasteiger partial charge in [0.05, 0.1) is 6.54 Å². The minimum absolute atomic E-state index is 0.241. The predicted octanol–water partition coefficient (Wildman–Crippen LogP) is 3.13. The van der Waals surface area contributed by atoms with Crippen LogP contribution in [0.1, 0.15) is 26.3 Å². The van der Waals surface area contributed by atoms with Gasteiger partial charge in [-0.25, -0.2) is 9.18 Å². The first kappa shape index (κ1) is 17.8. The summed E-state index contributed by atoms with van der Waals surface area (Å²) >= 11 is 0. The number of ether oxygens (including phenoxy) is 2. The van der Waals surface area contributed by atoms with E-state index >= 15 is 0 Å². The smallest absolute Gasteiger partial charge is 0.407 e. The Morgan fingerprint density at radius 1 is 1.33 bits per heavy atom. The third-order valence-electron chi connectivity index (χ3n) is 2.90. The second kappa shape index (κ2) is 7.81. The van der Waals surface area contributed by atoms with Crippen LogP contribution in [0.2, 0.25) is 0 Å². The SMILES string of the molecule is CC(C)(C)OC(=O)NCCn1ccc(OCc2cccc(F)c2)n1. The molecule has 130 valence electrons. The molecular weight excluding hydrogens is 313 g/mol. The van der Waals surface area contributed by atoms with Crippen LogP contribution in [0.4, 0.5) is 9.18 Å². The maximum atomic E-state index is 13.1. The summed E-state index contributed by atoms with van der Waals surface area (Å²) < 4.78 is 25.4. The van der Waals surface area contributed by atoms with Crippen molar-refractivity contribution in [3.8, 4) is 5.88 Å². The summed E-state index contributed by atoms with van der Waals surface area (Å²) in [7, 11) is 0. The Hall–Kier alpha value is -2.57. The average molecular weight is 335 g/mol. The Labute approximate surface area is 140 Å². The molecule has 0 fully saturated rings. The summed E-state index contributed by atoms with van der Waals surface area (Å²) in [5, 5.41) is 6.88. The van der Waals surface area contributed by atoms with E-state index in [0.717, 1.165) is 5.56 Å². The minimum Gasteiger partial charge on any atom is -0.472 e. The van der Waals surface area contributed by atoms with Crippen molar-refractivity contribution < 1.29 is 18.7 Å². The molecule has 0 aliphatic rings. The van der Waals surface area contributed by atoms with E-state index in [9.17, 15) is 9.18 Å². The fourth-order valence-corrected chi connectivity index (χ4v) is 1.92. The van der Waals surface area contributed by atoms with Crippen LogP contribution in [0.15, 0.2) is 36.5 Å². The van der Waals surface area contributed by atoms with Gasteiger partial charge in [0.1, 0.15) is 18.0 Å². The summed E-state index contributed by atoms with van der Waals surface area (Å²) in [6, 6.07) is 7.93. The number of aromatic nitrogens is 2. The molecule has 2 aromatic rings. The van der Waals surface area contributed by atoms with E-state index in [1.807, 2.05) is 20.8 Å². The molecule has 0 aliphatic carbocycles. The number of benzene rings is 1. The monoisotopic (exact) mass is 335 g/mol. The predicted molar refractivity (Wildman–Crippen MR) is 87.2 cm³/mol. The number of nitrogens with one attached hydrogen (secondary N) is 1. The number of hydrogen-bond donors (Lipinski definition) is 1. The number of carbonyl (C=O) groups is 1. The lowest BCUT2D eigenvalue weighted by Gasteiger charge is -2.19. The zero-order valence-corrected chi connectivity index (χ0v) is 14.1. The lowest BCUT2D eigenvalue weighted by atomic mass is 10.2. The van der Waals surface area contributed by atoms with Gasteiger partial charge in [-0.3, -0.25) is 4.68 Å². The third kappa shape index (κ3) is 6.28. The van der Waals surface area contributed by atoms with Crippen molar-refractivity contribution in [1.29, 1.82) is 0 Å². The molecule has 2 rings (SSSR count). The number of carbonyl (C=O) groups excluding carboxylic acids is 1. The lowest BCUT2D eigenvalue weighted by molar-refractivity contribution is 0.0525. The molecule has 1 N–H and O–H groups in total. The highest BCUT2D eigenvalue weighted by atomic mass is 19.1. The van der Waals surface area contributed by atoms with Crippen molar-refractivity contribution in [2.45, 2.75) is 39.5 Å². The Morgan fingerprint density at radius 2 is 2.12 bits per heavy atom. The third-order valence-corrected chi connectivity index (χ3v) is 2.90. The average Bonchev–Trinajstić information content (AvgIpc) is 2.91. The first-order chi connectivity index (χ1) is 11.3. The maximum Gasteiger partial charge on any atom is 0.407 e. The molecular formula is C17H22FN3O3. The minimum atomic E-state index is -0.520. The van der Waals surface area contributed by atoms with Crippen molar-refractivity contribution in [3.05, 3.63) is 47.9 Å². The fourth-order valence-electron chi connectivity index (χ4n) is 1.92. The molecule has 0 atom stereocenters. The molecule has 1 heterocycles. The molecule has 1 aromatic heterocycles. The second-order valence-electron chi connectivity index (χ2n) is 6.26. The van der Waals surface area contributed by atoms with Gasteiger partial charge in [-0.05, 0) is 38.5 Å². The summed E-state index contributed by atoms with van der Waals surface area (Å²) in [6.07, 6.45) is 1.29. The quantitative estimate of drug-likeness (QED) is 0.881. The van der Waals surface area contributed by atoms with Crippen molar-refractivity contribution in [2.24, 2.45) is 0 Å². The summed E-state index contributed by atoms with van der Waals surface area (Å²) in [6.45, 7) is 6.54. The van der Waals surface area contributed by atoms with E-state index in [0.29, 0.717) is 19.0 Å². The van der Waals surface area contributed by atoms with Crippen molar-refractivity contribution in [1.82, 2.24) is 15.1 Å². The van der Waals surface area contributed by atoms with E-state index in [1.165, 1.54) is 12.1 Å². The van der Waals surface area contributed by atoms with E-state index in [2.05, 4.69) is 10.4 Å². The highest BCUT2D eigenvalue weighted by molar-refractivity contribution is 5.67. The van der Waals surface area contributed by atoms with Gasteiger partial charge in [-0.1, -0.05) is 12.1 Å². The molecule has 0 spiro atoms. The molecule has 0 bridgehead atoms. The van der Waals surface area contributed by atoms with Crippen LogP contribution in [-0.2, 0) is 17.9 Å². The van der Waals surface area contributed by atoms with E-state index in [-0.39, 0.29) is 12.4 Å². The van der Waals surface area contributed by atoms with Crippen molar-refractivity contribution in [2.75, 3.05) is 6.54 Å². The zero-order chi connectivity index (χ0) is 17.6. The molecule has 1 amide bonds. The summed E-state index contributed by atoms with van der Waals surface area (Å²) in [5.74, 6) is 0.145. The van der Waals surface area contributed by atoms with Gasteiger partial charge in [0.25, 0.3) is 0 Å². The highest BCUT2D eigenvalue weighted by Crippen LogP contribution is 2.10. The molecule has 1 aromatic carbocycles. The lowest BCUT2D eigenvalue weighted by Crippen LogP contribution is -2.34. The van der Waals surface area contributed by atoms with Crippen LogP contribution in [0.5, 0.6) is 5.88 Å². The second-order valence-corrected chi connectivity index (χ2v) is 6.26. The van der Waals surface area contributed by atoms with Gasteiger partial charge >= 0.3 is 6.09 Å². The largest absolute Gasteiger partial charge is 0.472 e. The normalized spacial score (nSPS) is 11.2. The number of amides is 1. The number of alkyl carbamates (subject to hydrolysis) is 1. The van der Waals surface area contributed by atoms with Crippen LogP contribution in [-0.4, -0.2) is 28.0 Å². The summed E-state index contributed by atoms with van der Waals surface area (Å²) in [5.41, 5.74) is 0.212. The molecule has 0 saturated heterocycles. The van der Waals surface area contributed by atoms with Gasteiger partial charge in [0, 0.05) is 18.8 Å². The molecule has 0 aliphatic heterocycles. The van der Waals surface area contributed by atoms with Gasteiger partial charge in [0.2, 0.25) is 5.88 Å². The van der Waals surface area contributed by atoms with Gasteiger partial charge in [-0.2, -0.15) is 0 Å². The Balaban J connectivity index is 1.74. The van der Waals surface area contributed by atoms with Crippen LogP contribution < -0.4 is 10.1 Å². The van der Waals surface area contributed by atoms with Gasteiger partial charge in [-0.15, -0.1) is 5.10 Å². The number of hydrogen-bond acceptors (Lipinski definition) is 4. The fraction of sp³-hybridized carbons (Fsp3) is 0.412. The highest BCUT2D eigenvalue weighted by Gasteiger charge is 2.15. The van der Waals surface area contributed by atoms with Crippen molar-refractivity contribution in [3.63, 3.8) is 0 Å². The van der Waals surface area contributed by atoms with E-state index < -0.39 is 11.7 Å². The van der Waals surface area contributed by atoms with Crippen molar-refractivity contribution >= 4 is 6.09 Å². The molecule has 0 radical (unpaired) electrons. The topological polar surface area (TPSA) is 65.4 Å². The van der Waals surface area contributed by atoms with E-state index in [4.69, 9.17) is 9.47 Å².